The van der Waals surface area contributed by atoms with Crippen molar-refractivity contribution in [2.45, 2.75) is 80.1 Å². The summed E-state index contributed by atoms with van der Waals surface area (Å²) in [6, 6.07) is 0. The van der Waals surface area contributed by atoms with Gasteiger partial charge < -0.3 is 0 Å². The average molecular weight is 393 g/mol. The first kappa shape index (κ1) is 20.9. The summed E-state index contributed by atoms with van der Waals surface area (Å²) in [6.07, 6.45) is 18.5. The van der Waals surface area contributed by atoms with Crippen LogP contribution in [0.5, 0.6) is 0 Å². The Labute approximate surface area is 178 Å². The summed E-state index contributed by atoms with van der Waals surface area (Å²) in [5.41, 5.74) is 5.09. The number of hydrogen-bond acceptors (Lipinski definition) is 1. The van der Waals surface area contributed by atoms with Gasteiger partial charge in [-0.3, -0.25) is 4.79 Å². The fourth-order valence-electron chi connectivity index (χ4n) is 6.92. The van der Waals surface area contributed by atoms with E-state index < -0.39 is 0 Å². The molecule has 6 atom stereocenters. The van der Waals surface area contributed by atoms with Crippen LogP contribution in [0.4, 0.5) is 0 Å². The maximum atomic E-state index is 12.0. The Hall–Kier alpha value is -1.37. The molecule has 0 aromatic carbocycles. The highest BCUT2D eigenvalue weighted by Gasteiger charge is 2.53. The number of rotatable bonds is 4. The van der Waals surface area contributed by atoms with Crippen LogP contribution in [0.1, 0.15) is 80.1 Å². The molecule has 1 fully saturated rings. The van der Waals surface area contributed by atoms with Crippen molar-refractivity contribution >= 4 is 5.78 Å². The summed E-state index contributed by atoms with van der Waals surface area (Å²) in [4.78, 5) is 12.0. The number of ketones is 1. The van der Waals surface area contributed by atoms with Crippen LogP contribution in [-0.4, -0.2) is 5.78 Å². The molecule has 0 heterocycles. The molecule has 0 aromatic rings. The van der Waals surface area contributed by atoms with E-state index in [1.807, 2.05) is 6.08 Å². The largest absolute Gasteiger partial charge is 0.295 e. The van der Waals surface area contributed by atoms with Crippen molar-refractivity contribution in [1.29, 1.82) is 0 Å². The van der Waals surface area contributed by atoms with Crippen molar-refractivity contribution in [1.82, 2.24) is 0 Å². The van der Waals surface area contributed by atoms with Crippen molar-refractivity contribution in [3.63, 3.8) is 0 Å². The summed E-state index contributed by atoms with van der Waals surface area (Å²) in [5.74, 6) is 3.81. The van der Waals surface area contributed by atoms with E-state index in [2.05, 4.69) is 65.8 Å². The topological polar surface area (TPSA) is 17.1 Å². The number of carbonyl (C=O) groups excluding carboxylic acids is 1. The maximum absolute atomic E-state index is 12.0. The number of allylic oxidation sites excluding steroid dienone is 8. The van der Waals surface area contributed by atoms with E-state index in [1.165, 1.54) is 31.3 Å². The third-order valence-electron chi connectivity index (χ3n) is 9.39. The summed E-state index contributed by atoms with van der Waals surface area (Å²) < 4.78 is 0. The van der Waals surface area contributed by atoms with Gasteiger partial charge in [-0.15, -0.1) is 0 Å². The third-order valence-corrected chi connectivity index (χ3v) is 9.39. The molecule has 2 unspecified atom stereocenters. The zero-order valence-corrected chi connectivity index (χ0v) is 19.4. The molecule has 0 saturated heterocycles. The Kier molecular flexibility index (Phi) is 5.33. The van der Waals surface area contributed by atoms with E-state index in [-0.39, 0.29) is 5.41 Å². The Morgan fingerprint density at radius 2 is 1.76 bits per heavy atom. The number of carbonyl (C=O) groups is 1. The molecular formula is C28H40O. The summed E-state index contributed by atoms with van der Waals surface area (Å²) >= 11 is 0. The van der Waals surface area contributed by atoms with Gasteiger partial charge in [0.05, 0.1) is 0 Å². The molecule has 4 aliphatic carbocycles. The summed E-state index contributed by atoms with van der Waals surface area (Å²) in [5, 5.41) is 0. The maximum Gasteiger partial charge on any atom is 0.156 e. The van der Waals surface area contributed by atoms with Crippen molar-refractivity contribution in [2.24, 2.45) is 40.4 Å². The highest BCUT2D eigenvalue weighted by molar-refractivity contribution is 5.92. The van der Waals surface area contributed by atoms with Gasteiger partial charge in [-0.2, -0.15) is 0 Å². The number of fused-ring (bicyclic) bond motifs is 4. The normalized spacial score (nSPS) is 38.7. The molecule has 0 spiro atoms. The van der Waals surface area contributed by atoms with Crippen LogP contribution in [0.2, 0.25) is 0 Å². The van der Waals surface area contributed by atoms with Crippen LogP contribution in [0.25, 0.3) is 0 Å². The lowest BCUT2D eigenvalue weighted by molar-refractivity contribution is -0.115. The van der Waals surface area contributed by atoms with Crippen molar-refractivity contribution in [3.05, 3.63) is 47.1 Å². The van der Waals surface area contributed by atoms with Crippen molar-refractivity contribution in [3.8, 4) is 0 Å². The monoisotopic (exact) mass is 392 g/mol. The SMILES string of the molecule is CC(C)C(C)/C=C\C(C)[C@H]1CC[C@H]2C3=C(CC[C@]12C)[C@@]1(C)CCC(=O)C=C1C=C3. The minimum Gasteiger partial charge on any atom is -0.295 e. The molecule has 29 heavy (non-hydrogen) atoms. The first-order chi connectivity index (χ1) is 13.7. The minimum absolute atomic E-state index is 0.107. The fraction of sp³-hybridized carbons (Fsp3) is 0.679. The Morgan fingerprint density at radius 3 is 2.48 bits per heavy atom. The highest BCUT2D eigenvalue weighted by Crippen LogP contribution is 2.63. The van der Waals surface area contributed by atoms with Gasteiger partial charge in [0.1, 0.15) is 0 Å². The van der Waals surface area contributed by atoms with Crippen molar-refractivity contribution < 1.29 is 4.79 Å². The zero-order chi connectivity index (χ0) is 21.0. The van der Waals surface area contributed by atoms with E-state index >= 15 is 0 Å². The van der Waals surface area contributed by atoms with Gasteiger partial charge in [0.2, 0.25) is 0 Å². The van der Waals surface area contributed by atoms with Gasteiger partial charge in [0.25, 0.3) is 0 Å². The highest BCUT2D eigenvalue weighted by atomic mass is 16.1. The molecule has 1 nitrogen and oxygen atoms in total. The lowest BCUT2D eigenvalue weighted by atomic mass is 9.54. The quantitative estimate of drug-likeness (QED) is 0.454. The van der Waals surface area contributed by atoms with E-state index in [4.69, 9.17) is 0 Å². The van der Waals surface area contributed by atoms with E-state index in [0.29, 0.717) is 41.3 Å². The second-order valence-electron chi connectivity index (χ2n) is 11.3. The average Bonchev–Trinajstić information content (AvgIpc) is 3.03. The van der Waals surface area contributed by atoms with E-state index in [1.54, 1.807) is 11.1 Å². The van der Waals surface area contributed by atoms with Gasteiger partial charge in [-0.1, -0.05) is 71.4 Å². The molecule has 0 aromatic heterocycles. The lowest BCUT2D eigenvalue weighted by Crippen LogP contribution is -2.40. The van der Waals surface area contributed by atoms with Gasteiger partial charge in [0, 0.05) is 11.8 Å². The smallest absolute Gasteiger partial charge is 0.156 e. The fourth-order valence-corrected chi connectivity index (χ4v) is 6.92. The Bertz CT molecular complexity index is 806. The molecule has 0 amide bonds. The molecule has 4 aliphatic rings. The minimum atomic E-state index is 0.107. The van der Waals surface area contributed by atoms with Crippen LogP contribution < -0.4 is 0 Å². The second-order valence-corrected chi connectivity index (χ2v) is 11.3. The van der Waals surface area contributed by atoms with E-state index in [9.17, 15) is 4.79 Å². The predicted octanol–water partition coefficient (Wildman–Crippen LogP) is 7.46. The number of hydrogen-bond donors (Lipinski definition) is 0. The molecule has 1 heteroatoms. The molecule has 1 saturated carbocycles. The van der Waals surface area contributed by atoms with Gasteiger partial charge in [-0.05, 0) is 84.3 Å². The van der Waals surface area contributed by atoms with Crippen LogP contribution in [-0.2, 0) is 4.79 Å². The molecular weight excluding hydrogens is 352 g/mol. The summed E-state index contributed by atoms with van der Waals surface area (Å²) in [6.45, 7) is 14.4. The van der Waals surface area contributed by atoms with Crippen LogP contribution >= 0.6 is 0 Å². The third kappa shape index (κ3) is 3.33. The molecule has 0 bridgehead atoms. The van der Waals surface area contributed by atoms with Gasteiger partial charge in [0.15, 0.2) is 5.78 Å². The second kappa shape index (κ2) is 7.40. The molecule has 0 N–H and O–H groups in total. The molecule has 4 rings (SSSR count). The lowest BCUT2D eigenvalue weighted by Gasteiger charge is -2.50. The van der Waals surface area contributed by atoms with Crippen molar-refractivity contribution in [2.75, 3.05) is 0 Å². The van der Waals surface area contributed by atoms with Crippen LogP contribution in [0.15, 0.2) is 47.1 Å². The first-order valence-electron chi connectivity index (χ1n) is 12.0. The molecule has 0 aliphatic heterocycles. The standard InChI is InChI=1S/C28H40O/c1-18(2)19(3)7-8-20(4)24-11-12-25-23-10-9-21-17-22(29)13-15-27(21,5)26(23)14-16-28(24,25)6/h7-10,17-20,24-25H,11-16H2,1-6H3/b8-7-/t19?,20?,24-,25+,27+,28-/m1/s1. The van der Waals surface area contributed by atoms with Gasteiger partial charge >= 0.3 is 0 Å². The molecule has 158 valence electrons. The Morgan fingerprint density at radius 1 is 1.00 bits per heavy atom. The first-order valence-corrected chi connectivity index (χ1v) is 12.0. The zero-order valence-electron chi connectivity index (χ0n) is 19.4. The molecule has 0 radical (unpaired) electrons. The van der Waals surface area contributed by atoms with Crippen LogP contribution in [0.3, 0.4) is 0 Å². The van der Waals surface area contributed by atoms with Crippen LogP contribution in [0, 0.1) is 40.4 Å². The Balaban J connectivity index is 1.61. The summed E-state index contributed by atoms with van der Waals surface area (Å²) in [7, 11) is 0. The van der Waals surface area contributed by atoms with Gasteiger partial charge in [-0.25, -0.2) is 0 Å². The predicted molar refractivity (Wildman–Crippen MR) is 122 cm³/mol. The van der Waals surface area contributed by atoms with E-state index in [0.717, 1.165) is 12.3 Å².